The van der Waals surface area contributed by atoms with Crippen LogP contribution in [0.1, 0.15) is 55.6 Å². The maximum atomic E-state index is 15.7. The number of hydrogen-bond donors (Lipinski definition) is 0. The van der Waals surface area contributed by atoms with Crippen LogP contribution >= 0.6 is 0 Å². The Bertz CT molecular complexity index is 4740. The Kier molecular flexibility index (Phi) is 13.0. The van der Waals surface area contributed by atoms with E-state index < -0.39 is 34.6 Å². The van der Waals surface area contributed by atoms with E-state index in [4.69, 9.17) is 0 Å². The summed E-state index contributed by atoms with van der Waals surface area (Å²) in [6.45, 7) is 0. The van der Waals surface area contributed by atoms with Crippen molar-refractivity contribution in [1.29, 1.82) is 42.1 Å². The van der Waals surface area contributed by atoms with Crippen molar-refractivity contribution in [2.45, 2.75) is 12.4 Å². The first-order valence-corrected chi connectivity index (χ1v) is 25.9. The molecule has 0 spiro atoms. The van der Waals surface area contributed by atoms with E-state index in [1.165, 1.54) is 36.4 Å². The highest BCUT2D eigenvalue weighted by Crippen LogP contribution is 2.47. The first kappa shape index (κ1) is 53.9. The van der Waals surface area contributed by atoms with Crippen molar-refractivity contribution in [3.05, 3.63) is 238 Å². The minimum atomic E-state index is -5.20. The molecule has 0 saturated heterocycles. The van der Waals surface area contributed by atoms with E-state index in [1.54, 1.807) is 130 Å². The summed E-state index contributed by atoms with van der Waals surface area (Å²) in [6.07, 6.45) is -10.4. The third-order valence-corrected chi connectivity index (χ3v) is 15.3. The van der Waals surface area contributed by atoms with Crippen LogP contribution < -0.4 is 0 Å². The number of nitriles is 8. The molecule has 12 aromatic rings. The summed E-state index contributed by atoms with van der Waals surface area (Å²) in [6, 6.07) is 61.5. The fourth-order valence-electron chi connectivity index (χ4n) is 11.4. The largest absolute Gasteiger partial charge is 0.417 e. The molecule has 10 nitrogen and oxygen atoms in total. The van der Waals surface area contributed by atoms with Gasteiger partial charge in [0.2, 0.25) is 0 Å². The molecule has 0 saturated carbocycles. The van der Waals surface area contributed by atoms with E-state index in [1.807, 2.05) is 24.3 Å². The lowest BCUT2D eigenvalue weighted by molar-refractivity contribution is -0.139. The maximum Gasteiger partial charge on any atom is 0.417 e. The van der Waals surface area contributed by atoms with Crippen molar-refractivity contribution in [1.82, 2.24) is 9.13 Å². The molecular weight excluding hydrogens is 1090 g/mol. The van der Waals surface area contributed by atoms with E-state index in [-0.39, 0.29) is 55.9 Å². The fourth-order valence-corrected chi connectivity index (χ4v) is 11.4. The SMILES string of the molecule is N#Cc1ccc(-c2ccc3c(c2)c2cc(-c4ccc(C#N)cc4C#N)ccc2n3-c2ccc(C(F)(F)F)c(-c3cc(-n4c5ccc(-c6ccc(C#N)cc6C#N)cc5c5cc(-c6ccc(C#N)cc6C#N)ccc54)ccc3C(F)(F)F)c2)c(C#N)c1. The lowest BCUT2D eigenvalue weighted by Crippen LogP contribution is -2.12. The van der Waals surface area contributed by atoms with E-state index >= 15 is 26.3 Å². The average Bonchev–Trinajstić information content (AvgIpc) is 1.75. The minimum absolute atomic E-state index is 0.0372. The third kappa shape index (κ3) is 9.05. The summed E-state index contributed by atoms with van der Waals surface area (Å²) in [4.78, 5) is 0. The van der Waals surface area contributed by atoms with Gasteiger partial charge in [-0.3, -0.25) is 0 Å². The smallest absolute Gasteiger partial charge is 0.309 e. The monoisotopic (exact) mass is 1120 g/mol. The zero-order chi connectivity index (χ0) is 60.3. The Morgan fingerprint density at radius 3 is 0.733 bits per heavy atom. The highest BCUT2D eigenvalue weighted by molar-refractivity contribution is 6.13. The van der Waals surface area contributed by atoms with Crippen molar-refractivity contribution in [3.63, 3.8) is 0 Å². The lowest BCUT2D eigenvalue weighted by Gasteiger charge is -2.21. The quantitative estimate of drug-likeness (QED) is 0.140. The van der Waals surface area contributed by atoms with Crippen LogP contribution in [0.25, 0.3) is 111 Å². The number of fused-ring (bicyclic) bond motifs is 6. The van der Waals surface area contributed by atoms with Crippen LogP contribution in [0, 0.1) is 90.6 Å². The highest BCUT2D eigenvalue weighted by atomic mass is 19.4. The minimum Gasteiger partial charge on any atom is -0.309 e. The molecule has 0 amide bonds. The van der Waals surface area contributed by atoms with Crippen LogP contribution in [-0.2, 0) is 12.4 Å². The molecule has 2 heterocycles. The number of hydrogen-bond acceptors (Lipinski definition) is 8. The van der Waals surface area contributed by atoms with E-state index in [9.17, 15) is 42.1 Å². The van der Waals surface area contributed by atoms with Crippen LogP contribution in [0.2, 0.25) is 0 Å². The van der Waals surface area contributed by atoms with Crippen LogP contribution in [0.5, 0.6) is 0 Å². The van der Waals surface area contributed by atoms with Crippen molar-refractivity contribution in [2.75, 3.05) is 0 Å². The van der Waals surface area contributed by atoms with Gasteiger partial charge in [-0.25, -0.2) is 0 Å². The summed E-state index contributed by atoms with van der Waals surface area (Å²) in [7, 11) is 0. The van der Waals surface area contributed by atoms with Gasteiger partial charge in [0, 0.05) is 32.9 Å². The summed E-state index contributed by atoms with van der Waals surface area (Å²) in [5, 5.41) is 81.2. The molecule has 10 aromatic carbocycles. The number of alkyl halides is 6. The molecule has 86 heavy (non-hydrogen) atoms. The van der Waals surface area contributed by atoms with Crippen molar-refractivity contribution < 1.29 is 26.3 Å². The van der Waals surface area contributed by atoms with Crippen molar-refractivity contribution in [2.24, 2.45) is 0 Å². The lowest BCUT2D eigenvalue weighted by atomic mass is 9.93. The first-order valence-electron chi connectivity index (χ1n) is 25.9. The zero-order valence-corrected chi connectivity index (χ0v) is 44.1. The Balaban J connectivity index is 1.11. The molecule has 12 rings (SSSR count). The second kappa shape index (κ2) is 20.7. The molecule has 0 fully saturated rings. The topological polar surface area (TPSA) is 200 Å². The average molecular weight is 1130 g/mol. The fraction of sp³-hybridized carbons (Fsp3) is 0.0286. The number of rotatable bonds is 7. The van der Waals surface area contributed by atoms with Crippen molar-refractivity contribution in [3.8, 4) is 116 Å². The normalized spacial score (nSPS) is 11.3. The molecule has 0 N–H and O–H groups in total. The van der Waals surface area contributed by atoms with Crippen molar-refractivity contribution >= 4 is 43.6 Å². The van der Waals surface area contributed by atoms with Gasteiger partial charge in [-0.1, -0.05) is 48.5 Å². The van der Waals surface area contributed by atoms with Gasteiger partial charge in [0.15, 0.2) is 0 Å². The molecule has 16 heteroatoms. The molecule has 0 aliphatic carbocycles. The van der Waals surface area contributed by atoms with Gasteiger partial charge in [-0.2, -0.15) is 68.4 Å². The predicted octanol–water partition coefficient (Wildman–Crippen LogP) is 17.2. The number of benzene rings is 10. The van der Waals surface area contributed by atoms with Gasteiger partial charge in [0.1, 0.15) is 0 Å². The van der Waals surface area contributed by atoms with Gasteiger partial charge in [-0.15, -0.1) is 0 Å². The second-order valence-corrected chi connectivity index (χ2v) is 20.0. The Morgan fingerprint density at radius 2 is 0.512 bits per heavy atom. The number of aromatic nitrogens is 2. The van der Waals surface area contributed by atoms with Crippen LogP contribution in [0.4, 0.5) is 26.3 Å². The van der Waals surface area contributed by atoms with Crippen LogP contribution in [0.15, 0.2) is 182 Å². The van der Waals surface area contributed by atoms with E-state index in [2.05, 4.69) is 24.3 Å². The van der Waals surface area contributed by atoms with Gasteiger partial charge in [0.05, 0.1) is 126 Å². The summed E-state index contributed by atoms with van der Waals surface area (Å²) in [5.74, 6) is 0. The summed E-state index contributed by atoms with van der Waals surface area (Å²) in [5.41, 5.74) is 2.99. The highest BCUT2D eigenvalue weighted by Gasteiger charge is 2.39. The second-order valence-electron chi connectivity index (χ2n) is 20.0. The standard InChI is InChI=1S/C70H30F6N10/c71-69(72,73)63-15-9-51(85-65-17-5-43(53-11-1-39(31-77)21-47(53)35-81)25-59(65)60-26-44(6-18-66(60)85)54-12-2-40(32-78)22-48(54)36-82)29-57(63)58-30-52(10-16-64(58)70(74,75)76)86-67-19-7-45(55-13-3-41(33-79)23-49(55)37-83)27-61(67)62-28-46(8-20-68(62)86)56-14-4-42(34-80)24-50(56)38-84/h1-30H. The summed E-state index contributed by atoms with van der Waals surface area (Å²) >= 11 is 0. The van der Waals surface area contributed by atoms with Gasteiger partial charge < -0.3 is 9.13 Å². The number of halogens is 6. The maximum absolute atomic E-state index is 15.7. The molecule has 0 radical (unpaired) electrons. The molecule has 2 aromatic heterocycles. The molecule has 402 valence electrons. The van der Waals surface area contributed by atoms with Crippen LogP contribution in [-0.4, -0.2) is 9.13 Å². The van der Waals surface area contributed by atoms with Gasteiger partial charge >= 0.3 is 12.4 Å². The number of nitrogens with zero attached hydrogens (tertiary/aromatic N) is 10. The predicted molar refractivity (Wildman–Crippen MR) is 310 cm³/mol. The zero-order valence-electron chi connectivity index (χ0n) is 44.1. The summed E-state index contributed by atoms with van der Waals surface area (Å²) < 4.78 is 97.2. The van der Waals surface area contributed by atoms with Crippen LogP contribution in [0.3, 0.4) is 0 Å². The molecule has 0 bridgehead atoms. The molecule has 0 aliphatic heterocycles. The van der Waals surface area contributed by atoms with E-state index in [0.29, 0.717) is 88.1 Å². The third-order valence-electron chi connectivity index (χ3n) is 15.3. The molecule has 0 unspecified atom stereocenters. The Hall–Kier alpha value is -12.7. The first-order chi connectivity index (χ1) is 41.5. The van der Waals surface area contributed by atoms with E-state index in [0.717, 1.165) is 24.3 Å². The molecule has 0 atom stereocenters. The Morgan fingerprint density at radius 1 is 0.256 bits per heavy atom. The van der Waals surface area contributed by atoms with Gasteiger partial charge in [-0.05, 0) is 189 Å². The van der Waals surface area contributed by atoms with Gasteiger partial charge in [0.25, 0.3) is 0 Å². The Labute approximate surface area is 484 Å². The molecule has 0 aliphatic rings. The molecular formula is C70H30F6N10.